The summed E-state index contributed by atoms with van der Waals surface area (Å²) in [5.41, 5.74) is 2.70. The third-order valence-corrected chi connectivity index (χ3v) is 8.20. The van der Waals surface area contributed by atoms with Gasteiger partial charge in [0.05, 0.1) is 17.4 Å². The van der Waals surface area contributed by atoms with Crippen LogP contribution in [0.5, 0.6) is 0 Å². The molecule has 0 radical (unpaired) electrons. The van der Waals surface area contributed by atoms with Gasteiger partial charge in [-0.05, 0) is 54.7 Å². The second-order valence-corrected chi connectivity index (χ2v) is 10.4. The van der Waals surface area contributed by atoms with E-state index in [9.17, 15) is 18.0 Å². The number of carbonyl (C=O) groups is 2. The van der Waals surface area contributed by atoms with Gasteiger partial charge in [-0.15, -0.1) is 0 Å². The number of anilines is 1. The molecule has 0 spiro atoms. The van der Waals surface area contributed by atoms with Crippen LogP contribution in [0, 0.1) is 0 Å². The first-order valence-electron chi connectivity index (χ1n) is 11.1. The normalized spacial score (nSPS) is 19.3. The molecule has 2 aromatic carbocycles. The van der Waals surface area contributed by atoms with Crippen molar-refractivity contribution in [3.05, 3.63) is 59.7 Å². The lowest BCUT2D eigenvalue weighted by Gasteiger charge is -2.36. The first-order valence-corrected chi connectivity index (χ1v) is 12.6. The van der Waals surface area contributed by atoms with E-state index in [0.29, 0.717) is 25.3 Å². The van der Waals surface area contributed by atoms with E-state index in [2.05, 4.69) is 5.32 Å². The van der Waals surface area contributed by atoms with E-state index in [1.807, 2.05) is 24.3 Å². The highest BCUT2D eigenvalue weighted by molar-refractivity contribution is 7.89. The SMILES string of the molecule is CC(=O)N1CCc2ccccc2C1CC(=O)Nc1ccc(S(=O)(=O)N2CCCCC2)cc1. The van der Waals surface area contributed by atoms with Gasteiger partial charge in [0.2, 0.25) is 21.8 Å². The molecule has 2 aliphatic rings. The van der Waals surface area contributed by atoms with Crippen molar-refractivity contribution >= 4 is 27.5 Å². The van der Waals surface area contributed by atoms with E-state index < -0.39 is 10.0 Å². The Balaban J connectivity index is 1.45. The Morgan fingerprint density at radius 2 is 1.66 bits per heavy atom. The molecule has 1 fully saturated rings. The Hall–Kier alpha value is -2.71. The van der Waals surface area contributed by atoms with E-state index >= 15 is 0 Å². The van der Waals surface area contributed by atoms with Crippen LogP contribution < -0.4 is 5.32 Å². The number of amides is 2. The summed E-state index contributed by atoms with van der Waals surface area (Å²) in [6.45, 7) is 3.22. The lowest BCUT2D eigenvalue weighted by molar-refractivity contribution is -0.132. The van der Waals surface area contributed by atoms with Crippen LogP contribution in [0.3, 0.4) is 0 Å². The summed E-state index contributed by atoms with van der Waals surface area (Å²) < 4.78 is 27.1. The van der Waals surface area contributed by atoms with Gasteiger partial charge in [0, 0.05) is 32.2 Å². The molecule has 2 aromatic rings. The Bertz CT molecular complexity index is 1090. The zero-order valence-corrected chi connectivity index (χ0v) is 19.1. The highest BCUT2D eigenvalue weighted by Gasteiger charge is 2.31. The summed E-state index contributed by atoms with van der Waals surface area (Å²) in [7, 11) is -3.50. The summed E-state index contributed by atoms with van der Waals surface area (Å²) >= 11 is 0. The van der Waals surface area contributed by atoms with Crippen LogP contribution in [0.1, 0.15) is 49.8 Å². The third kappa shape index (κ3) is 4.71. The fourth-order valence-corrected chi connectivity index (χ4v) is 6.12. The van der Waals surface area contributed by atoms with Gasteiger partial charge >= 0.3 is 0 Å². The number of nitrogens with one attached hydrogen (secondary N) is 1. The third-order valence-electron chi connectivity index (χ3n) is 6.29. The monoisotopic (exact) mass is 455 g/mol. The molecule has 2 amide bonds. The van der Waals surface area contributed by atoms with Crippen LogP contribution in [0.2, 0.25) is 0 Å². The zero-order valence-electron chi connectivity index (χ0n) is 18.3. The van der Waals surface area contributed by atoms with Crippen LogP contribution in [-0.4, -0.2) is 49.1 Å². The molecule has 0 bridgehead atoms. The van der Waals surface area contributed by atoms with Gasteiger partial charge in [-0.3, -0.25) is 9.59 Å². The largest absolute Gasteiger partial charge is 0.335 e. The van der Waals surface area contributed by atoms with E-state index in [-0.39, 0.29) is 29.2 Å². The highest BCUT2D eigenvalue weighted by atomic mass is 32.2. The minimum atomic E-state index is -3.50. The number of carbonyl (C=O) groups excluding carboxylic acids is 2. The second kappa shape index (κ2) is 9.42. The van der Waals surface area contributed by atoms with Crippen molar-refractivity contribution in [3.63, 3.8) is 0 Å². The van der Waals surface area contributed by atoms with Gasteiger partial charge in [0.1, 0.15) is 0 Å². The van der Waals surface area contributed by atoms with Crippen molar-refractivity contribution in [2.75, 3.05) is 25.0 Å². The van der Waals surface area contributed by atoms with Gasteiger partial charge in [-0.1, -0.05) is 30.7 Å². The van der Waals surface area contributed by atoms with Crippen LogP contribution in [0.25, 0.3) is 0 Å². The molecule has 0 aromatic heterocycles. The Kier molecular flexibility index (Phi) is 6.62. The van der Waals surface area contributed by atoms with Crippen LogP contribution >= 0.6 is 0 Å². The minimum absolute atomic E-state index is 0.0513. The molecule has 1 N–H and O–H groups in total. The molecule has 2 heterocycles. The second-order valence-electron chi connectivity index (χ2n) is 8.42. The molecule has 0 aliphatic carbocycles. The van der Waals surface area contributed by atoms with E-state index in [4.69, 9.17) is 0 Å². The van der Waals surface area contributed by atoms with E-state index in [1.165, 1.54) is 23.4 Å². The van der Waals surface area contributed by atoms with Crippen molar-refractivity contribution in [3.8, 4) is 0 Å². The summed E-state index contributed by atoms with van der Waals surface area (Å²) in [5.74, 6) is -0.269. The molecule has 8 heteroatoms. The zero-order chi connectivity index (χ0) is 22.7. The molecule has 32 heavy (non-hydrogen) atoms. The molecular formula is C24H29N3O4S. The summed E-state index contributed by atoms with van der Waals surface area (Å²) in [4.78, 5) is 26.9. The topological polar surface area (TPSA) is 86.8 Å². The molecule has 170 valence electrons. The molecule has 7 nitrogen and oxygen atoms in total. The molecular weight excluding hydrogens is 426 g/mol. The van der Waals surface area contributed by atoms with E-state index in [0.717, 1.165) is 36.8 Å². The predicted molar refractivity (Wildman–Crippen MR) is 123 cm³/mol. The van der Waals surface area contributed by atoms with Gasteiger partial charge in [0.25, 0.3) is 0 Å². The van der Waals surface area contributed by atoms with Crippen molar-refractivity contribution < 1.29 is 18.0 Å². The fraction of sp³-hybridized carbons (Fsp3) is 0.417. The van der Waals surface area contributed by atoms with Crippen LogP contribution in [-0.2, 0) is 26.0 Å². The highest BCUT2D eigenvalue weighted by Crippen LogP contribution is 2.32. The van der Waals surface area contributed by atoms with Crippen molar-refractivity contribution in [1.82, 2.24) is 9.21 Å². The number of rotatable bonds is 5. The quantitative estimate of drug-likeness (QED) is 0.749. The number of hydrogen-bond donors (Lipinski definition) is 1. The number of nitrogens with zero attached hydrogens (tertiary/aromatic N) is 2. The van der Waals surface area contributed by atoms with Gasteiger partial charge in [-0.25, -0.2) is 8.42 Å². The first-order chi connectivity index (χ1) is 15.4. The van der Waals surface area contributed by atoms with Crippen molar-refractivity contribution in [1.29, 1.82) is 0 Å². The molecule has 1 saturated heterocycles. The minimum Gasteiger partial charge on any atom is -0.335 e. The van der Waals surface area contributed by atoms with Crippen molar-refractivity contribution in [2.45, 2.75) is 50.0 Å². The Morgan fingerprint density at radius 3 is 2.34 bits per heavy atom. The van der Waals surface area contributed by atoms with E-state index in [1.54, 1.807) is 17.0 Å². The average Bonchev–Trinajstić information content (AvgIpc) is 2.80. The molecule has 4 rings (SSSR count). The molecule has 2 aliphatic heterocycles. The smallest absolute Gasteiger partial charge is 0.243 e. The fourth-order valence-electron chi connectivity index (χ4n) is 4.60. The summed E-state index contributed by atoms with van der Waals surface area (Å²) in [6.07, 6.45) is 3.75. The molecule has 1 unspecified atom stereocenters. The summed E-state index contributed by atoms with van der Waals surface area (Å²) in [5, 5.41) is 2.85. The number of sulfonamides is 1. The lowest BCUT2D eigenvalue weighted by Crippen LogP contribution is -2.40. The van der Waals surface area contributed by atoms with Crippen molar-refractivity contribution in [2.24, 2.45) is 0 Å². The Morgan fingerprint density at radius 1 is 0.969 bits per heavy atom. The number of hydrogen-bond acceptors (Lipinski definition) is 4. The predicted octanol–water partition coefficient (Wildman–Crippen LogP) is 3.34. The average molecular weight is 456 g/mol. The van der Waals surface area contributed by atoms with Crippen LogP contribution in [0.15, 0.2) is 53.4 Å². The maximum absolute atomic E-state index is 12.8. The first kappa shape index (κ1) is 22.5. The van der Waals surface area contributed by atoms with Gasteiger partial charge < -0.3 is 10.2 Å². The maximum Gasteiger partial charge on any atom is 0.243 e. The standard InChI is InChI=1S/C24H29N3O4S/c1-18(28)27-16-13-19-7-3-4-8-22(19)23(27)17-24(29)25-20-9-11-21(12-10-20)32(30,31)26-14-5-2-6-15-26/h3-4,7-12,23H,2,5-6,13-17H2,1H3,(H,25,29). The lowest BCUT2D eigenvalue weighted by atomic mass is 9.90. The number of benzene rings is 2. The van der Waals surface area contributed by atoms with Gasteiger partial charge in [0.15, 0.2) is 0 Å². The maximum atomic E-state index is 12.8. The van der Waals surface area contributed by atoms with Crippen LogP contribution in [0.4, 0.5) is 5.69 Å². The van der Waals surface area contributed by atoms with Gasteiger partial charge in [-0.2, -0.15) is 4.31 Å². The number of fused-ring (bicyclic) bond motifs is 1. The Labute approximate surface area is 189 Å². The summed E-state index contributed by atoms with van der Waals surface area (Å²) in [6, 6.07) is 13.9. The molecule has 1 atom stereocenters. The molecule has 0 saturated carbocycles. The number of piperidine rings is 1.